The van der Waals surface area contributed by atoms with Gasteiger partial charge in [0.15, 0.2) is 0 Å². The van der Waals surface area contributed by atoms with Crippen LogP contribution in [0.4, 0.5) is 10.2 Å². The first-order valence-electron chi connectivity index (χ1n) is 6.04. The molecule has 1 aromatic heterocycles. The molecule has 1 atom stereocenters. The Labute approximate surface area is 120 Å². The Morgan fingerprint density at radius 3 is 3.05 bits per heavy atom. The number of benzene rings is 1. The maximum atomic E-state index is 13.1. The molecule has 0 saturated heterocycles. The summed E-state index contributed by atoms with van der Waals surface area (Å²) in [5.74, 6) is 1.12. The van der Waals surface area contributed by atoms with E-state index < -0.39 is 5.95 Å². The second kappa shape index (κ2) is 5.39. The van der Waals surface area contributed by atoms with Gasteiger partial charge in [-0.3, -0.25) is 0 Å². The minimum absolute atomic E-state index is 0.129. The molecule has 1 aromatic carbocycles. The normalized spacial score (nSPS) is 17.9. The van der Waals surface area contributed by atoms with E-state index in [-0.39, 0.29) is 6.04 Å². The fraction of sp³-hybridized carbons (Fsp3) is 0.214. The lowest BCUT2D eigenvalue weighted by Crippen LogP contribution is -2.17. The molecule has 0 amide bonds. The molecule has 19 heavy (non-hydrogen) atoms. The van der Waals surface area contributed by atoms with Crippen LogP contribution in [0.3, 0.4) is 0 Å². The van der Waals surface area contributed by atoms with Crippen LogP contribution < -0.4 is 5.32 Å². The van der Waals surface area contributed by atoms with Gasteiger partial charge in [-0.15, -0.1) is 11.8 Å². The van der Waals surface area contributed by atoms with Crippen LogP contribution in [0.25, 0.3) is 0 Å². The Hall–Kier alpha value is -1.26. The molecule has 0 aliphatic carbocycles. The first kappa shape index (κ1) is 12.8. The fourth-order valence-electron chi connectivity index (χ4n) is 2.18. The molecule has 1 N–H and O–H groups in total. The monoisotopic (exact) mass is 294 g/mol. The molecule has 1 unspecified atom stereocenters. The maximum Gasteiger partial charge on any atom is 0.214 e. The van der Waals surface area contributed by atoms with Crippen LogP contribution in [0.5, 0.6) is 0 Å². The van der Waals surface area contributed by atoms with Gasteiger partial charge in [-0.05, 0) is 42.3 Å². The highest BCUT2D eigenvalue weighted by Crippen LogP contribution is 2.38. The van der Waals surface area contributed by atoms with Crippen molar-refractivity contribution in [3.8, 4) is 0 Å². The second-order valence-corrected chi connectivity index (χ2v) is 5.93. The van der Waals surface area contributed by atoms with Gasteiger partial charge in [-0.2, -0.15) is 4.39 Å². The molecule has 0 radical (unpaired) electrons. The van der Waals surface area contributed by atoms with Crippen molar-refractivity contribution in [3.63, 3.8) is 0 Å². The number of nitrogens with one attached hydrogen (secondary N) is 1. The Balaban J connectivity index is 1.89. The number of nitrogens with zero attached hydrogens (tertiary/aromatic N) is 1. The lowest BCUT2D eigenvalue weighted by atomic mass is 10.0. The molecule has 98 valence electrons. The smallest absolute Gasteiger partial charge is 0.214 e. The molecule has 0 spiro atoms. The van der Waals surface area contributed by atoms with E-state index in [1.165, 1.54) is 11.0 Å². The Kier molecular flexibility index (Phi) is 3.62. The minimum Gasteiger partial charge on any atom is -0.363 e. The molecule has 2 heterocycles. The predicted molar refractivity (Wildman–Crippen MR) is 77.4 cm³/mol. The second-order valence-electron chi connectivity index (χ2n) is 4.36. The Morgan fingerprint density at radius 2 is 2.21 bits per heavy atom. The van der Waals surface area contributed by atoms with Crippen molar-refractivity contribution in [1.29, 1.82) is 0 Å². The van der Waals surface area contributed by atoms with Gasteiger partial charge in [0.1, 0.15) is 5.82 Å². The summed E-state index contributed by atoms with van der Waals surface area (Å²) in [6.45, 7) is 0. The van der Waals surface area contributed by atoms with Gasteiger partial charge in [0.05, 0.1) is 6.04 Å². The zero-order valence-corrected chi connectivity index (χ0v) is 11.6. The van der Waals surface area contributed by atoms with E-state index in [0.717, 1.165) is 22.8 Å². The summed E-state index contributed by atoms with van der Waals surface area (Å²) in [4.78, 5) is 5.07. The SMILES string of the molecule is Fc1cccc(NC2CCSc3ccc(Cl)cc32)n1. The van der Waals surface area contributed by atoms with Crippen LogP contribution >= 0.6 is 23.4 Å². The average molecular weight is 295 g/mol. The van der Waals surface area contributed by atoms with E-state index in [2.05, 4.69) is 10.3 Å². The molecular formula is C14H12ClFN2S. The number of thioether (sulfide) groups is 1. The Bertz CT molecular complexity index is 606. The molecule has 1 aliphatic rings. The summed E-state index contributed by atoms with van der Waals surface area (Å²) in [7, 11) is 0. The minimum atomic E-state index is -0.471. The summed E-state index contributed by atoms with van der Waals surface area (Å²) in [6.07, 6.45) is 0.968. The van der Waals surface area contributed by atoms with Gasteiger partial charge < -0.3 is 5.32 Å². The highest BCUT2D eigenvalue weighted by Gasteiger charge is 2.21. The number of rotatable bonds is 2. The molecule has 0 bridgehead atoms. The van der Waals surface area contributed by atoms with Crippen LogP contribution in [0.1, 0.15) is 18.0 Å². The average Bonchev–Trinajstić information content (AvgIpc) is 2.39. The number of aromatic nitrogens is 1. The summed E-state index contributed by atoms with van der Waals surface area (Å²) < 4.78 is 13.1. The van der Waals surface area contributed by atoms with Gasteiger partial charge in [0, 0.05) is 15.7 Å². The van der Waals surface area contributed by atoms with Crippen LogP contribution in [0.2, 0.25) is 5.02 Å². The van der Waals surface area contributed by atoms with Gasteiger partial charge in [-0.25, -0.2) is 4.98 Å². The van der Waals surface area contributed by atoms with Gasteiger partial charge in [-0.1, -0.05) is 17.7 Å². The number of hydrogen-bond donors (Lipinski definition) is 1. The van der Waals surface area contributed by atoms with Crippen molar-refractivity contribution >= 4 is 29.2 Å². The van der Waals surface area contributed by atoms with Crippen LogP contribution in [-0.4, -0.2) is 10.7 Å². The van der Waals surface area contributed by atoms with Crippen molar-refractivity contribution in [3.05, 3.63) is 52.9 Å². The molecule has 0 fully saturated rings. The third-order valence-electron chi connectivity index (χ3n) is 3.05. The number of hydrogen-bond acceptors (Lipinski definition) is 3. The maximum absolute atomic E-state index is 13.1. The van der Waals surface area contributed by atoms with E-state index in [1.54, 1.807) is 12.1 Å². The lowest BCUT2D eigenvalue weighted by Gasteiger charge is -2.26. The lowest BCUT2D eigenvalue weighted by molar-refractivity contribution is 0.583. The third kappa shape index (κ3) is 2.85. The van der Waals surface area contributed by atoms with Crippen LogP contribution in [-0.2, 0) is 0 Å². The van der Waals surface area contributed by atoms with E-state index in [9.17, 15) is 4.39 Å². The first-order valence-corrected chi connectivity index (χ1v) is 7.40. The van der Waals surface area contributed by atoms with Crippen molar-refractivity contribution in [2.75, 3.05) is 11.1 Å². The quantitative estimate of drug-likeness (QED) is 0.824. The summed E-state index contributed by atoms with van der Waals surface area (Å²) >= 11 is 7.88. The highest BCUT2D eigenvalue weighted by molar-refractivity contribution is 7.99. The molecule has 3 rings (SSSR count). The predicted octanol–water partition coefficient (Wildman–Crippen LogP) is 4.52. The van der Waals surface area contributed by atoms with Crippen molar-refractivity contribution in [1.82, 2.24) is 4.98 Å². The number of anilines is 1. The van der Waals surface area contributed by atoms with Crippen LogP contribution in [0.15, 0.2) is 41.3 Å². The number of fused-ring (bicyclic) bond motifs is 1. The number of halogens is 2. The molecule has 0 saturated carbocycles. The Morgan fingerprint density at radius 1 is 1.32 bits per heavy atom. The molecule has 1 aliphatic heterocycles. The van der Waals surface area contributed by atoms with E-state index in [4.69, 9.17) is 11.6 Å². The van der Waals surface area contributed by atoms with Crippen molar-refractivity contribution in [2.45, 2.75) is 17.4 Å². The zero-order valence-electron chi connectivity index (χ0n) is 10.1. The van der Waals surface area contributed by atoms with E-state index in [0.29, 0.717) is 5.82 Å². The topological polar surface area (TPSA) is 24.9 Å². The van der Waals surface area contributed by atoms with Crippen molar-refractivity contribution < 1.29 is 4.39 Å². The first-order chi connectivity index (χ1) is 9.22. The largest absolute Gasteiger partial charge is 0.363 e. The number of pyridine rings is 1. The fourth-order valence-corrected chi connectivity index (χ4v) is 3.47. The van der Waals surface area contributed by atoms with Crippen LogP contribution in [0, 0.1) is 5.95 Å². The summed E-state index contributed by atoms with van der Waals surface area (Å²) in [5, 5.41) is 4.00. The zero-order chi connectivity index (χ0) is 13.2. The van der Waals surface area contributed by atoms with E-state index in [1.807, 2.05) is 30.0 Å². The summed E-state index contributed by atoms with van der Waals surface area (Å²) in [5.41, 5.74) is 1.16. The van der Waals surface area contributed by atoms with Gasteiger partial charge in [0.25, 0.3) is 0 Å². The standard InChI is InChI=1S/C14H12ClFN2S/c15-9-4-5-12-10(8-9)11(6-7-19-12)17-14-3-1-2-13(16)18-14/h1-5,8,11H,6-7H2,(H,17,18). The highest BCUT2D eigenvalue weighted by atomic mass is 35.5. The van der Waals surface area contributed by atoms with E-state index >= 15 is 0 Å². The molecule has 5 heteroatoms. The summed E-state index contributed by atoms with van der Waals surface area (Å²) in [6, 6.07) is 10.8. The molecule has 2 aromatic rings. The molecule has 2 nitrogen and oxygen atoms in total. The van der Waals surface area contributed by atoms with Gasteiger partial charge >= 0.3 is 0 Å². The third-order valence-corrected chi connectivity index (χ3v) is 4.41. The van der Waals surface area contributed by atoms with Crippen molar-refractivity contribution in [2.24, 2.45) is 0 Å². The molecular weight excluding hydrogens is 283 g/mol. The van der Waals surface area contributed by atoms with Gasteiger partial charge in [0.2, 0.25) is 5.95 Å².